The number of ketones is 1. The summed E-state index contributed by atoms with van der Waals surface area (Å²) in [6, 6.07) is -0.395. The molecular formula is C31H46N2O6S. The Morgan fingerprint density at radius 2 is 1.95 bits per heavy atom. The van der Waals surface area contributed by atoms with Crippen LogP contribution >= 0.6 is 11.8 Å². The summed E-state index contributed by atoms with van der Waals surface area (Å²) in [5.41, 5.74) is -0.303. The quantitative estimate of drug-likeness (QED) is 0.343. The van der Waals surface area contributed by atoms with Gasteiger partial charge in [-0.15, -0.1) is 6.58 Å². The number of aliphatic imine (C=N–C) groups is 1. The molecule has 4 rings (SSSR count). The largest absolute Gasteiger partial charge is 0.466 e. The summed E-state index contributed by atoms with van der Waals surface area (Å²) in [4.78, 5) is 43.8. The van der Waals surface area contributed by atoms with Crippen LogP contribution in [0.3, 0.4) is 0 Å². The number of carbonyl (C=O) groups excluding carboxylic acids is 3. The van der Waals surface area contributed by atoms with Gasteiger partial charge < -0.3 is 19.9 Å². The standard InChI is InChI=1S/C31H46N2O6S/c1-9-20-24(27(37)38-8)19(5)32-28(33-20)40-16-23(35)39-22-15-29(6,10-2)26(36)18(4)31-13-11-17(3)30(22,7)25(31)21(34)12-14-31/h10,17-19,22,25-26,36H,2,9,11-16H2,1,3-8H3,(H,32,33)/t17-,18+,19?,22-,25+,26+,29-,30+,31+/m1/s1. The highest BCUT2D eigenvalue weighted by Crippen LogP contribution is 2.68. The van der Waals surface area contributed by atoms with Crippen LogP contribution in [0.4, 0.5) is 0 Å². The molecule has 0 saturated heterocycles. The number of nitrogens with one attached hydrogen (secondary N) is 1. The summed E-state index contributed by atoms with van der Waals surface area (Å²) < 4.78 is 11.2. The monoisotopic (exact) mass is 574 g/mol. The number of nitrogens with zero attached hydrogens (tertiary/aromatic N) is 1. The zero-order valence-corrected chi connectivity index (χ0v) is 25.9. The Hall–Kier alpha value is -2.13. The Labute approximate surface area is 242 Å². The van der Waals surface area contributed by atoms with Crippen molar-refractivity contribution in [1.82, 2.24) is 5.32 Å². The molecule has 3 saturated carbocycles. The molecule has 1 unspecified atom stereocenters. The third-order valence-electron chi connectivity index (χ3n) is 11.0. The Morgan fingerprint density at radius 1 is 1.25 bits per heavy atom. The van der Waals surface area contributed by atoms with Gasteiger partial charge in [-0.2, -0.15) is 0 Å². The van der Waals surface area contributed by atoms with Gasteiger partial charge >= 0.3 is 11.9 Å². The van der Waals surface area contributed by atoms with Crippen molar-refractivity contribution in [1.29, 1.82) is 0 Å². The number of aliphatic hydroxyl groups excluding tert-OH is 1. The van der Waals surface area contributed by atoms with Crippen molar-refractivity contribution in [2.45, 2.75) is 98.3 Å². The summed E-state index contributed by atoms with van der Waals surface area (Å²) in [6.07, 6.45) is 4.66. The first-order valence-corrected chi connectivity index (χ1v) is 15.6. The third-order valence-corrected chi connectivity index (χ3v) is 11.8. The molecule has 9 heteroatoms. The number of allylic oxidation sites excluding steroid dienone is 1. The van der Waals surface area contributed by atoms with Crippen molar-refractivity contribution in [3.63, 3.8) is 0 Å². The van der Waals surface area contributed by atoms with Crippen LogP contribution in [0.5, 0.6) is 0 Å². The molecule has 1 heterocycles. The zero-order valence-electron chi connectivity index (χ0n) is 25.0. The van der Waals surface area contributed by atoms with E-state index in [2.05, 4.69) is 37.7 Å². The van der Waals surface area contributed by atoms with Gasteiger partial charge in [0.05, 0.1) is 30.6 Å². The number of ether oxygens (including phenoxy) is 2. The van der Waals surface area contributed by atoms with E-state index in [0.29, 0.717) is 30.0 Å². The van der Waals surface area contributed by atoms with Gasteiger partial charge in [0, 0.05) is 28.9 Å². The van der Waals surface area contributed by atoms with Gasteiger partial charge in [-0.05, 0) is 56.3 Å². The molecule has 1 aliphatic heterocycles. The number of esters is 2. The second-order valence-electron chi connectivity index (χ2n) is 12.8. The normalized spacial score (nSPS) is 41.2. The fourth-order valence-electron chi connectivity index (χ4n) is 8.30. The zero-order chi connectivity index (χ0) is 29.6. The summed E-state index contributed by atoms with van der Waals surface area (Å²) in [6.45, 7) is 16.3. The van der Waals surface area contributed by atoms with Gasteiger partial charge in [-0.25, -0.2) is 4.79 Å². The highest BCUT2D eigenvalue weighted by molar-refractivity contribution is 8.14. The molecule has 8 nitrogen and oxygen atoms in total. The van der Waals surface area contributed by atoms with Crippen molar-refractivity contribution in [3.8, 4) is 0 Å². The molecule has 0 aromatic carbocycles. The van der Waals surface area contributed by atoms with E-state index >= 15 is 0 Å². The maximum absolute atomic E-state index is 13.6. The minimum Gasteiger partial charge on any atom is -0.466 e. The van der Waals surface area contributed by atoms with Crippen LogP contribution in [0, 0.1) is 34.0 Å². The number of thioether (sulfide) groups is 1. The number of amidine groups is 1. The summed E-state index contributed by atoms with van der Waals surface area (Å²) in [7, 11) is 1.35. The first-order valence-electron chi connectivity index (χ1n) is 14.6. The van der Waals surface area contributed by atoms with Crippen molar-refractivity contribution in [2.75, 3.05) is 12.9 Å². The van der Waals surface area contributed by atoms with Gasteiger partial charge in [0.1, 0.15) is 11.9 Å². The molecule has 40 heavy (non-hydrogen) atoms. The molecule has 0 amide bonds. The molecule has 0 aromatic heterocycles. The predicted octanol–water partition coefficient (Wildman–Crippen LogP) is 4.81. The molecule has 3 fully saturated rings. The molecule has 0 spiro atoms. The number of aliphatic hydroxyl groups is 1. The molecule has 0 radical (unpaired) electrons. The lowest BCUT2D eigenvalue weighted by Crippen LogP contribution is -2.63. The van der Waals surface area contributed by atoms with E-state index in [9.17, 15) is 19.5 Å². The Kier molecular flexibility index (Phi) is 8.69. The lowest BCUT2D eigenvalue weighted by molar-refractivity contribution is -0.205. The van der Waals surface area contributed by atoms with E-state index in [1.165, 1.54) is 18.9 Å². The number of methoxy groups -OCH3 is 1. The van der Waals surface area contributed by atoms with Gasteiger partial charge in [-0.3, -0.25) is 14.6 Å². The van der Waals surface area contributed by atoms with E-state index in [1.54, 1.807) is 6.08 Å². The van der Waals surface area contributed by atoms with Crippen LogP contribution in [-0.2, 0) is 23.9 Å². The van der Waals surface area contributed by atoms with Crippen LogP contribution in [0.1, 0.15) is 80.1 Å². The molecule has 222 valence electrons. The van der Waals surface area contributed by atoms with Crippen molar-refractivity contribution < 1.29 is 29.0 Å². The van der Waals surface area contributed by atoms with Gasteiger partial charge in [-0.1, -0.05) is 52.5 Å². The van der Waals surface area contributed by atoms with Gasteiger partial charge in [0.15, 0.2) is 5.17 Å². The van der Waals surface area contributed by atoms with Crippen molar-refractivity contribution >= 4 is 34.7 Å². The third kappa shape index (κ3) is 4.85. The van der Waals surface area contributed by atoms with Crippen LogP contribution in [-0.4, -0.2) is 59.1 Å². The van der Waals surface area contributed by atoms with Crippen molar-refractivity contribution in [3.05, 3.63) is 23.9 Å². The molecule has 9 atom stereocenters. The number of hydrogen-bond donors (Lipinski definition) is 2. The molecule has 0 aromatic rings. The van der Waals surface area contributed by atoms with Crippen LogP contribution < -0.4 is 5.32 Å². The molecule has 3 aliphatic carbocycles. The first kappa shape index (κ1) is 30.8. The van der Waals surface area contributed by atoms with Crippen LogP contribution in [0.25, 0.3) is 0 Å². The smallest absolute Gasteiger partial charge is 0.337 e. The fraction of sp³-hybridized carbons (Fsp3) is 0.742. The Bertz CT molecular complexity index is 1130. The average molecular weight is 575 g/mol. The molecule has 2 bridgehead atoms. The summed E-state index contributed by atoms with van der Waals surface area (Å²) in [5, 5.41) is 15.4. The fourth-order valence-corrected chi connectivity index (χ4v) is 9.05. The molecular weight excluding hydrogens is 528 g/mol. The number of carbonyl (C=O) groups is 3. The Morgan fingerprint density at radius 3 is 2.58 bits per heavy atom. The number of hydrogen-bond acceptors (Lipinski definition) is 9. The summed E-state index contributed by atoms with van der Waals surface area (Å²) in [5.74, 6) is -0.696. The number of rotatable bonds is 6. The number of Topliss-reactive ketones (excluding diaryl/α,β-unsaturated/α-hetero) is 1. The van der Waals surface area contributed by atoms with E-state index < -0.39 is 41.0 Å². The van der Waals surface area contributed by atoms with E-state index in [1.807, 2.05) is 20.8 Å². The second-order valence-corrected chi connectivity index (χ2v) is 13.8. The minimum absolute atomic E-state index is 0.0254. The lowest BCUT2D eigenvalue weighted by Gasteiger charge is -2.61. The minimum atomic E-state index is -0.697. The van der Waals surface area contributed by atoms with E-state index in [0.717, 1.165) is 25.0 Å². The maximum Gasteiger partial charge on any atom is 0.337 e. The predicted molar refractivity (Wildman–Crippen MR) is 156 cm³/mol. The Balaban J connectivity index is 1.59. The van der Waals surface area contributed by atoms with E-state index in [4.69, 9.17) is 9.47 Å². The highest BCUT2D eigenvalue weighted by atomic mass is 32.2. The first-order chi connectivity index (χ1) is 18.8. The lowest BCUT2D eigenvalue weighted by atomic mass is 9.44. The topological polar surface area (TPSA) is 114 Å². The maximum atomic E-state index is 13.6. The van der Waals surface area contributed by atoms with Gasteiger partial charge in [0.25, 0.3) is 0 Å². The van der Waals surface area contributed by atoms with Gasteiger partial charge in [0.2, 0.25) is 0 Å². The second kappa shape index (κ2) is 11.3. The SMILES string of the molecule is C=C[C@]1(C)C[C@@H](OC(=O)CSC2=NC(C)C(C(=O)OC)=C(CC)N2)[C@]2(C)[C@H](C)CC[C@]3(CCC(=O)[C@H]32)[C@@H](C)[C@@H]1O. The van der Waals surface area contributed by atoms with Crippen LogP contribution in [0.2, 0.25) is 0 Å². The van der Waals surface area contributed by atoms with E-state index in [-0.39, 0.29) is 34.7 Å². The molecule has 2 N–H and O–H groups in total. The molecule has 4 aliphatic rings. The van der Waals surface area contributed by atoms with Crippen LogP contribution in [0.15, 0.2) is 28.9 Å². The average Bonchev–Trinajstić information content (AvgIpc) is 3.29. The van der Waals surface area contributed by atoms with Crippen molar-refractivity contribution in [2.24, 2.45) is 39.0 Å². The summed E-state index contributed by atoms with van der Waals surface area (Å²) >= 11 is 1.24. The highest BCUT2D eigenvalue weighted by Gasteiger charge is 2.68.